The van der Waals surface area contributed by atoms with Crippen molar-refractivity contribution in [1.82, 2.24) is 59.0 Å². The summed E-state index contributed by atoms with van der Waals surface area (Å²) >= 11 is 0. The Balaban J connectivity index is 0.000000252. The van der Waals surface area contributed by atoms with Gasteiger partial charge in [-0.15, -0.1) is 0 Å². The molecule has 13 N–H and O–H groups in total. The quantitative estimate of drug-likeness (QED) is 0.0178. The lowest BCUT2D eigenvalue weighted by Crippen LogP contribution is -2.33. The van der Waals surface area contributed by atoms with Crippen LogP contribution >= 0.6 is 31.2 Å². The molecule has 2 fully saturated rings. The molecule has 482 valence electrons. The molecular formula is C46H58N14O25P4. The molecule has 5 aromatic heterocycles. The van der Waals surface area contributed by atoms with Crippen LogP contribution in [-0.2, 0) is 80.7 Å². The molecule has 39 nitrogen and oxygen atoms in total. The molecule has 2 saturated heterocycles. The maximum Gasteiger partial charge on any atom is 0.490 e. The third-order valence-corrected chi connectivity index (χ3v) is 17.8. The summed E-state index contributed by atoms with van der Waals surface area (Å²) in [5.74, 6) is -0.130. The fourth-order valence-electron chi connectivity index (χ4n) is 8.60. The summed E-state index contributed by atoms with van der Waals surface area (Å²) in [6, 6.07) is 0. The molecule has 9 heterocycles. The number of ether oxygens (including phenoxy) is 2. The number of aromatic amines is 4. The number of hydrogen-bond donors (Lipinski definition) is 13. The topological polar surface area (TPSA) is 567 Å². The van der Waals surface area contributed by atoms with E-state index in [0.29, 0.717) is 67.2 Å². The lowest BCUT2D eigenvalue weighted by molar-refractivity contribution is -0.117. The van der Waals surface area contributed by atoms with Gasteiger partial charge in [0.05, 0.1) is 47.9 Å². The van der Waals surface area contributed by atoms with E-state index in [0.717, 1.165) is 44.2 Å². The Morgan fingerprint density at radius 1 is 0.652 bits per heavy atom. The number of carbonyl (C=O) groups is 2. The number of H-pyrrole nitrogens is 4. The summed E-state index contributed by atoms with van der Waals surface area (Å²) in [6.07, 6.45) is 8.55. The van der Waals surface area contributed by atoms with Crippen molar-refractivity contribution in [2.75, 3.05) is 26.3 Å². The molecule has 5 unspecified atom stereocenters. The largest absolute Gasteiger partial charge is 0.490 e. The van der Waals surface area contributed by atoms with E-state index in [9.17, 15) is 81.5 Å². The number of phosphoric acid groups is 3. The van der Waals surface area contributed by atoms with Crippen molar-refractivity contribution in [3.63, 3.8) is 0 Å². The third kappa shape index (κ3) is 19.0. The Labute approximate surface area is 498 Å². The number of aryl methyl sites for hydroxylation is 2. The summed E-state index contributed by atoms with van der Waals surface area (Å²) in [5.41, 5.74) is -2.40. The van der Waals surface area contributed by atoms with Crippen LogP contribution in [0, 0.1) is 0 Å². The Kier molecular flexibility index (Phi) is 22.8. The minimum Gasteiger partial charge on any atom is -0.390 e. The molecule has 0 aliphatic carbocycles. The SMILES string of the molecule is C.O=C(/C=C/c1cn([C@H]2CC(O)[C@@H](COP(=O)(O)OP(=O)(O)OP(=O)(O)O)O2)c(=O)[nH]c1=O)NCCCc1nc2c(c(=O)[nH]1)N=CC2.O=C(/C=C/c1cn([C@H]2CC(O)[C@@H](COP(=O)(O)n3ccnc3)O2)c(=O)[nH]c1=O)NCCCc1nc2c(c(=O)[nH]1)N=CC2. The Morgan fingerprint density at radius 3 is 1.55 bits per heavy atom. The van der Waals surface area contributed by atoms with Gasteiger partial charge in [0.2, 0.25) is 11.8 Å². The molecule has 2 amide bonds. The minimum absolute atomic E-state index is 0. The van der Waals surface area contributed by atoms with Gasteiger partial charge in [-0.2, -0.15) is 8.62 Å². The predicted octanol–water partition coefficient (Wildman–Crippen LogP) is -1.58. The number of amides is 2. The van der Waals surface area contributed by atoms with E-state index in [1.807, 2.05) is 4.98 Å². The number of imidazole rings is 1. The van der Waals surface area contributed by atoms with Crippen molar-refractivity contribution in [1.29, 1.82) is 0 Å². The first kappa shape index (κ1) is 69.0. The van der Waals surface area contributed by atoms with Gasteiger partial charge in [0.25, 0.3) is 22.2 Å². The van der Waals surface area contributed by atoms with E-state index in [4.69, 9.17) is 23.8 Å². The predicted molar refractivity (Wildman–Crippen MR) is 306 cm³/mol. The van der Waals surface area contributed by atoms with Gasteiger partial charge in [-0.05, 0) is 25.0 Å². The van der Waals surface area contributed by atoms with E-state index in [1.54, 1.807) is 12.4 Å². The molecule has 0 spiro atoms. The van der Waals surface area contributed by atoms with E-state index in [2.05, 4.69) is 63.7 Å². The maximum atomic E-state index is 12.5. The Hall–Kier alpha value is -7.51. The van der Waals surface area contributed by atoms with Crippen LogP contribution in [0.1, 0.15) is 79.7 Å². The average Bonchev–Trinajstić information content (AvgIpc) is 1.91. The highest BCUT2D eigenvalue weighted by Gasteiger charge is 2.43. The summed E-state index contributed by atoms with van der Waals surface area (Å²) < 4.78 is 77.1. The highest BCUT2D eigenvalue weighted by molar-refractivity contribution is 7.66. The number of rotatable bonds is 25. The minimum atomic E-state index is -5.76. The zero-order chi connectivity index (χ0) is 63.7. The van der Waals surface area contributed by atoms with Crippen molar-refractivity contribution >= 4 is 79.0 Å². The summed E-state index contributed by atoms with van der Waals surface area (Å²) in [7, 11) is -21.1. The van der Waals surface area contributed by atoms with Crippen LogP contribution in [0.2, 0.25) is 0 Å². The monoisotopic (exact) mass is 1330 g/mol. The number of nitrogens with zero attached hydrogens (tertiary/aromatic N) is 8. The molecule has 0 saturated carbocycles. The summed E-state index contributed by atoms with van der Waals surface area (Å²) in [5, 5.41) is 26.0. The number of aromatic nitrogens is 10. The van der Waals surface area contributed by atoms with E-state index in [1.165, 1.54) is 24.7 Å². The van der Waals surface area contributed by atoms with Gasteiger partial charge in [-0.25, -0.2) is 47.1 Å². The second-order valence-corrected chi connectivity index (χ2v) is 25.2. The highest BCUT2D eigenvalue weighted by atomic mass is 31.3. The molecular weight excluding hydrogens is 1270 g/mol. The maximum absolute atomic E-state index is 12.5. The molecule has 9 atom stereocenters. The number of nitrogens with one attached hydrogen (secondary N) is 6. The van der Waals surface area contributed by atoms with Crippen molar-refractivity contribution in [2.45, 2.75) is 95.7 Å². The van der Waals surface area contributed by atoms with E-state index >= 15 is 0 Å². The molecule has 5 aromatic rings. The zero-order valence-corrected chi connectivity index (χ0v) is 48.7. The van der Waals surface area contributed by atoms with E-state index < -0.39 is 116 Å². The average molecular weight is 1330 g/mol. The summed E-state index contributed by atoms with van der Waals surface area (Å²) in [4.78, 5) is 174. The van der Waals surface area contributed by atoms with Gasteiger partial charge in [0.1, 0.15) is 54.0 Å². The van der Waals surface area contributed by atoms with Crippen LogP contribution < -0.4 is 44.3 Å². The number of fused-ring (bicyclic) bond motifs is 2. The third-order valence-electron chi connectivity index (χ3n) is 12.7. The fourth-order valence-corrected chi connectivity index (χ4v) is 12.5. The number of aliphatic hydroxyl groups is 2. The van der Waals surface area contributed by atoms with Crippen molar-refractivity contribution in [2.24, 2.45) is 9.98 Å². The number of aliphatic imine (C=N–C) groups is 2. The second kappa shape index (κ2) is 29.4. The first-order chi connectivity index (χ1) is 41.5. The number of phosphoric ester groups is 1. The summed E-state index contributed by atoms with van der Waals surface area (Å²) in [6.45, 7) is -0.956. The lowest BCUT2D eigenvalue weighted by atomic mass is 10.2. The molecule has 0 radical (unpaired) electrons. The van der Waals surface area contributed by atoms with Gasteiger partial charge in [0, 0.05) is 101 Å². The first-order valence-corrected chi connectivity index (χ1v) is 31.9. The standard InChI is InChI=1S/C24H27N8O9P.C21H27N6O16P3.CH4/c33-16-10-20(41-17(16)12-40-42(38,39)31-9-8-25-13-31)32-11-14(22(35)30-24(32)37)3-4-19(34)26-6-1-2-18-28-15-5-7-27-21(15)23(36)29-18;28-13-8-17(41-14(13)10-40-45(36,37)43-46(38,39)42-44(33,34)35)27-9-11(19(30)26-21(27)32)3-4-16(29)22-6-1-2-15-24-12-5-7-23-18(12)20(31)25-15;/h3-4,7-9,11,13,16-17,20,33H,1-2,5-6,10,12H2,(H,26,34)(H,38,39)(H,28,29,36)(H,30,35,37);3-4,7,9,13-14,17,28H,1-2,5-6,8,10H2,(H,22,29)(H,36,37)(H,38,39)(H,24,25,31)(H,26,30,32)(H2,33,34,35);1H4/b2*4-3+;/t16?,17-,20-;13?,14-,17-;/m11./s1. The van der Waals surface area contributed by atoms with Gasteiger partial charge < -0.3 is 64.8 Å². The van der Waals surface area contributed by atoms with Crippen LogP contribution in [-0.4, -0.2) is 158 Å². The molecule has 0 bridgehead atoms. The van der Waals surface area contributed by atoms with Gasteiger partial charge in [0.15, 0.2) is 0 Å². The van der Waals surface area contributed by atoms with Crippen molar-refractivity contribution in [3.8, 4) is 0 Å². The van der Waals surface area contributed by atoms with Gasteiger partial charge in [-0.1, -0.05) is 7.43 Å². The van der Waals surface area contributed by atoms with Crippen molar-refractivity contribution in [3.05, 3.63) is 140 Å². The zero-order valence-electron chi connectivity index (χ0n) is 45.1. The van der Waals surface area contributed by atoms with Crippen LogP contribution in [0.4, 0.5) is 11.4 Å². The number of hydrogen-bond acceptors (Lipinski definition) is 25. The van der Waals surface area contributed by atoms with Crippen molar-refractivity contribution < 1.29 is 89.7 Å². The molecule has 4 aliphatic heterocycles. The van der Waals surface area contributed by atoms with E-state index in [-0.39, 0.29) is 61.3 Å². The smallest absolute Gasteiger partial charge is 0.390 e. The Bertz CT molecular complexity index is 4130. The normalized spacial score (nSPS) is 21.3. The molecule has 4 aliphatic rings. The van der Waals surface area contributed by atoms with Gasteiger partial charge >= 0.3 is 42.6 Å². The van der Waals surface area contributed by atoms with Crippen LogP contribution in [0.15, 0.2) is 82.0 Å². The number of aliphatic hydroxyl groups excluding tert-OH is 2. The van der Waals surface area contributed by atoms with Gasteiger partial charge in [-0.3, -0.25) is 66.9 Å². The lowest BCUT2D eigenvalue weighted by Gasteiger charge is -2.19. The highest BCUT2D eigenvalue weighted by Crippen LogP contribution is 2.66. The molecule has 43 heteroatoms. The number of carbonyl (C=O) groups excluding carboxylic acids is 2. The molecule has 0 aromatic carbocycles. The van der Waals surface area contributed by atoms with Crippen LogP contribution in [0.3, 0.4) is 0 Å². The molecule has 9 rings (SSSR count). The van der Waals surface area contributed by atoms with Crippen LogP contribution in [0.5, 0.6) is 0 Å². The second-order valence-electron chi connectivity index (χ2n) is 19.1. The Morgan fingerprint density at radius 2 is 1.11 bits per heavy atom. The first-order valence-electron chi connectivity index (χ1n) is 25.9. The molecule has 89 heavy (non-hydrogen) atoms. The fraction of sp³-hybridized carbons (Fsp3) is 0.413. The van der Waals surface area contributed by atoms with Crippen LogP contribution in [0.25, 0.3) is 12.2 Å².